The summed E-state index contributed by atoms with van der Waals surface area (Å²) >= 11 is 5.95. The number of methoxy groups -OCH3 is 2. The summed E-state index contributed by atoms with van der Waals surface area (Å²) in [5.74, 6) is 1.47. The van der Waals surface area contributed by atoms with Crippen LogP contribution >= 0.6 is 11.6 Å². The lowest BCUT2D eigenvalue weighted by molar-refractivity contribution is 0.0993. The minimum absolute atomic E-state index is 0.210. The van der Waals surface area contributed by atoms with Crippen LogP contribution < -0.4 is 19.7 Å². The molecule has 0 saturated carbocycles. The molecule has 2 rings (SSSR count). The van der Waals surface area contributed by atoms with E-state index in [1.807, 2.05) is 0 Å². The fourth-order valence-electron chi connectivity index (χ4n) is 2.09. The van der Waals surface area contributed by atoms with E-state index in [1.165, 1.54) is 11.0 Å². The van der Waals surface area contributed by atoms with Gasteiger partial charge in [-0.2, -0.15) is 0 Å². The molecule has 7 heteroatoms. The van der Waals surface area contributed by atoms with Crippen molar-refractivity contribution in [3.63, 3.8) is 0 Å². The molecule has 0 spiro atoms. The van der Waals surface area contributed by atoms with Crippen molar-refractivity contribution in [2.24, 2.45) is 0 Å². The summed E-state index contributed by atoms with van der Waals surface area (Å²) in [5, 5.41) is 3.12. The van der Waals surface area contributed by atoms with Gasteiger partial charge in [0.2, 0.25) is 0 Å². The highest BCUT2D eigenvalue weighted by Crippen LogP contribution is 2.31. The lowest BCUT2D eigenvalue weighted by Gasteiger charge is -2.19. The Morgan fingerprint density at radius 3 is 2.48 bits per heavy atom. The fraction of sp³-hybridized carbons (Fsp3) is 0.250. The van der Waals surface area contributed by atoms with Crippen LogP contribution in [-0.4, -0.2) is 39.2 Å². The second kappa shape index (κ2) is 7.19. The van der Waals surface area contributed by atoms with Crippen LogP contribution in [0.25, 0.3) is 0 Å². The van der Waals surface area contributed by atoms with Gasteiger partial charge in [-0.05, 0) is 24.3 Å². The lowest BCUT2D eigenvalue weighted by atomic mass is 10.2. The van der Waals surface area contributed by atoms with Gasteiger partial charge >= 0.3 is 0 Å². The Bertz CT molecular complexity index is 722. The maximum Gasteiger partial charge on any atom is 0.258 e. The molecule has 6 nitrogen and oxygen atoms in total. The first-order valence-corrected chi connectivity index (χ1v) is 7.23. The van der Waals surface area contributed by atoms with E-state index in [-0.39, 0.29) is 11.1 Å². The van der Waals surface area contributed by atoms with Crippen molar-refractivity contribution in [2.45, 2.75) is 0 Å². The molecule has 0 aliphatic heterocycles. The number of hydrogen-bond acceptors (Lipinski definition) is 5. The molecule has 0 unspecified atom stereocenters. The number of hydrogen-bond donors (Lipinski definition) is 1. The molecule has 0 atom stereocenters. The Hall–Kier alpha value is -2.47. The standard InChI is InChI=1S/C16H18ClN3O3/c1-18-15-8-10(7-14(17)19-15)16(21)20(2)11-5-6-12(22-3)13(9-11)23-4/h5-9H,1-4H3,(H,18,19). The first-order chi connectivity index (χ1) is 11.0. The van der Waals surface area contributed by atoms with Crippen LogP contribution in [0.2, 0.25) is 5.15 Å². The summed E-state index contributed by atoms with van der Waals surface area (Å²) in [5.41, 5.74) is 1.11. The summed E-state index contributed by atoms with van der Waals surface area (Å²) in [7, 11) is 6.50. The molecular weight excluding hydrogens is 318 g/mol. The topological polar surface area (TPSA) is 63.7 Å². The van der Waals surface area contributed by atoms with Crippen LogP contribution in [0.5, 0.6) is 11.5 Å². The molecule has 0 radical (unpaired) electrons. The van der Waals surface area contributed by atoms with E-state index in [0.29, 0.717) is 28.6 Å². The number of nitrogens with one attached hydrogen (secondary N) is 1. The van der Waals surface area contributed by atoms with E-state index in [0.717, 1.165) is 0 Å². The van der Waals surface area contributed by atoms with Gasteiger partial charge in [0.1, 0.15) is 11.0 Å². The van der Waals surface area contributed by atoms with E-state index < -0.39 is 0 Å². The highest BCUT2D eigenvalue weighted by atomic mass is 35.5. The van der Waals surface area contributed by atoms with E-state index in [9.17, 15) is 4.79 Å². The maximum atomic E-state index is 12.7. The monoisotopic (exact) mass is 335 g/mol. The Kier molecular flexibility index (Phi) is 5.28. The SMILES string of the molecule is CNc1cc(C(=O)N(C)c2ccc(OC)c(OC)c2)cc(Cl)n1. The summed E-state index contributed by atoms with van der Waals surface area (Å²) in [6.45, 7) is 0. The van der Waals surface area contributed by atoms with Gasteiger partial charge < -0.3 is 19.7 Å². The minimum atomic E-state index is -0.210. The normalized spacial score (nSPS) is 10.1. The number of pyridine rings is 1. The quantitative estimate of drug-likeness (QED) is 0.851. The zero-order chi connectivity index (χ0) is 17.0. The van der Waals surface area contributed by atoms with Gasteiger partial charge in [0, 0.05) is 31.4 Å². The number of ether oxygens (including phenoxy) is 2. The Morgan fingerprint density at radius 2 is 1.87 bits per heavy atom. The molecular formula is C16H18ClN3O3. The van der Waals surface area contributed by atoms with Crippen LogP contribution in [0.4, 0.5) is 11.5 Å². The van der Waals surface area contributed by atoms with Crippen LogP contribution in [0.3, 0.4) is 0 Å². The molecule has 1 heterocycles. The summed E-state index contributed by atoms with van der Waals surface area (Å²) in [4.78, 5) is 18.2. The molecule has 1 aromatic heterocycles. The number of carbonyl (C=O) groups is 1. The number of benzene rings is 1. The number of nitrogens with zero attached hydrogens (tertiary/aromatic N) is 2. The van der Waals surface area contributed by atoms with Crippen molar-refractivity contribution < 1.29 is 14.3 Å². The van der Waals surface area contributed by atoms with Crippen LogP contribution in [0, 0.1) is 0 Å². The molecule has 23 heavy (non-hydrogen) atoms. The number of anilines is 2. The first kappa shape index (κ1) is 16.9. The zero-order valence-corrected chi connectivity index (χ0v) is 14.1. The molecule has 2 aromatic rings. The summed E-state index contributed by atoms with van der Waals surface area (Å²) < 4.78 is 10.5. The van der Waals surface area contributed by atoms with Crippen molar-refractivity contribution in [1.82, 2.24) is 4.98 Å². The third-order valence-corrected chi connectivity index (χ3v) is 3.55. The van der Waals surface area contributed by atoms with E-state index >= 15 is 0 Å². The molecule has 122 valence electrons. The first-order valence-electron chi connectivity index (χ1n) is 6.85. The van der Waals surface area contributed by atoms with Crippen molar-refractivity contribution in [2.75, 3.05) is 38.5 Å². The third kappa shape index (κ3) is 3.65. The maximum absolute atomic E-state index is 12.7. The third-order valence-electron chi connectivity index (χ3n) is 3.36. The molecule has 0 aliphatic carbocycles. The Labute approximate surface area is 140 Å². The Morgan fingerprint density at radius 1 is 1.17 bits per heavy atom. The van der Waals surface area contributed by atoms with Gasteiger partial charge in [-0.1, -0.05) is 11.6 Å². The number of rotatable bonds is 5. The van der Waals surface area contributed by atoms with Crippen LogP contribution in [0.1, 0.15) is 10.4 Å². The summed E-state index contributed by atoms with van der Waals surface area (Å²) in [6, 6.07) is 8.43. The van der Waals surface area contributed by atoms with Crippen molar-refractivity contribution in [3.8, 4) is 11.5 Å². The van der Waals surface area contributed by atoms with Gasteiger partial charge in [-0.3, -0.25) is 4.79 Å². The molecule has 0 bridgehead atoms. The predicted molar refractivity (Wildman–Crippen MR) is 91.1 cm³/mol. The fourth-order valence-corrected chi connectivity index (χ4v) is 2.30. The largest absolute Gasteiger partial charge is 0.493 e. The Balaban J connectivity index is 2.34. The minimum Gasteiger partial charge on any atom is -0.493 e. The number of halogens is 1. The van der Waals surface area contributed by atoms with Gasteiger partial charge in [-0.25, -0.2) is 4.98 Å². The van der Waals surface area contributed by atoms with E-state index in [4.69, 9.17) is 21.1 Å². The average molecular weight is 336 g/mol. The number of carbonyl (C=O) groups excluding carboxylic acids is 1. The zero-order valence-electron chi connectivity index (χ0n) is 13.4. The van der Waals surface area contributed by atoms with Crippen molar-refractivity contribution in [1.29, 1.82) is 0 Å². The molecule has 1 amide bonds. The highest BCUT2D eigenvalue weighted by Gasteiger charge is 2.17. The van der Waals surface area contributed by atoms with Gasteiger partial charge in [-0.15, -0.1) is 0 Å². The van der Waals surface area contributed by atoms with Crippen molar-refractivity contribution in [3.05, 3.63) is 41.0 Å². The number of aromatic nitrogens is 1. The second-order valence-electron chi connectivity index (χ2n) is 4.72. The predicted octanol–water partition coefficient (Wildman–Crippen LogP) is 3.07. The van der Waals surface area contributed by atoms with E-state index in [1.54, 1.807) is 52.6 Å². The smallest absolute Gasteiger partial charge is 0.258 e. The van der Waals surface area contributed by atoms with Gasteiger partial charge in [0.25, 0.3) is 5.91 Å². The van der Waals surface area contributed by atoms with Gasteiger partial charge in [0.05, 0.1) is 14.2 Å². The molecule has 1 aromatic carbocycles. The van der Waals surface area contributed by atoms with E-state index in [2.05, 4.69) is 10.3 Å². The molecule has 1 N–H and O–H groups in total. The molecule has 0 aliphatic rings. The lowest BCUT2D eigenvalue weighted by Crippen LogP contribution is -2.26. The summed E-state index contributed by atoms with van der Waals surface area (Å²) in [6.07, 6.45) is 0. The van der Waals surface area contributed by atoms with Crippen LogP contribution in [0.15, 0.2) is 30.3 Å². The van der Waals surface area contributed by atoms with Crippen molar-refractivity contribution >= 4 is 29.0 Å². The average Bonchev–Trinajstić information content (AvgIpc) is 2.59. The highest BCUT2D eigenvalue weighted by molar-refractivity contribution is 6.30. The second-order valence-corrected chi connectivity index (χ2v) is 5.10. The van der Waals surface area contributed by atoms with Gasteiger partial charge in [0.15, 0.2) is 11.5 Å². The molecule has 0 fully saturated rings. The molecule has 0 saturated heterocycles. The van der Waals surface area contributed by atoms with Crippen LogP contribution in [-0.2, 0) is 0 Å². The number of amides is 1.